The van der Waals surface area contributed by atoms with E-state index in [0.29, 0.717) is 19.0 Å². The van der Waals surface area contributed by atoms with E-state index in [1.54, 1.807) is 0 Å². The average Bonchev–Trinajstić information content (AvgIpc) is 2.48. The van der Waals surface area contributed by atoms with E-state index in [1.165, 1.54) is 0 Å². The van der Waals surface area contributed by atoms with Crippen molar-refractivity contribution >= 4 is 35.8 Å². The van der Waals surface area contributed by atoms with Crippen LogP contribution in [0.25, 0.3) is 0 Å². The Morgan fingerprint density at radius 2 is 1.70 bits per heavy atom. The number of rotatable bonds is 6. The first-order valence-electron chi connectivity index (χ1n) is 9.10. The van der Waals surface area contributed by atoms with Gasteiger partial charge in [0.25, 0.3) is 0 Å². The third-order valence-corrected chi connectivity index (χ3v) is 3.07. The third-order valence-electron chi connectivity index (χ3n) is 3.07. The zero-order valence-corrected chi connectivity index (χ0v) is 19.9. The van der Waals surface area contributed by atoms with Gasteiger partial charge in [-0.2, -0.15) is 0 Å². The number of halogens is 1. The Morgan fingerprint density at radius 1 is 1.07 bits per heavy atom. The van der Waals surface area contributed by atoms with Gasteiger partial charge in [-0.3, -0.25) is 4.79 Å². The van der Waals surface area contributed by atoms with Crippen LogP contribution in [0, 0.1) is 0 Å². The summed E-state index contributed by atoms with van der Waals surface area (Å²) in [5, 5.41) is 9.14. The number of ether oxygens (including phenoxy) is 1. The molecule has 0 bridgehead atoms. The maximum Gasteiger partial charge on any atom is 0.239 e. The van der Waals surface area contributed by atoms with E-state index in [2.05, 4.69) is 20.9 Å². The summed E-state index contributed by atoms with van der Waals surface area (Å²) in [6, 6.07) is 7.87. The standard InChI is InChI=1S/C20H34N4O2.HI/c1-8-21-18(23-14-17(25)24-19(2,3)4)22-13-15-11-9-10-12-16(15)26-20(5,6)7;/h9-12H,8,13-14H2,1-7H3,(H,24,25)(H2,21,22,23);1H. The van der Waals surface area contributed by atoms with Crippen molar-refractivity contribution in [2.24, 2.45) is 4.99 Å². The Hall–Kier alpha value is -1.51. The van der Waals surface area contributed by atoms with Crippen LogP contribution in [0.1, 0.15) is 54.0 Å². The molecule has 0 saturated heterocycles. The second-order valence-electron chi connectivity index (χ2n) is 8.17. The van der Waals surface area contributed by atoms with Gasteiger partial charge in [-0.05, 0) is 54.5 Å². The van der Waals surface area contributed by atoms with Crippen molar-refractivity contribution in [1.82, 2.24) is 16.0 Å². The first-order chi connectivity index (χ1) is 12.0. The number of guanidine groups is 1. The van der Waals surface area contributed by atoms with Gasteiger partial charge in [-0.1, -0.05) is 18.2 Å². The van der Waals surface area contributed by atoms with Gasteiger partial charge in [0.2, 0.25) is 5.91 Å². The maximum absolute atomic E-state index is 12.0. The summed E-state index contributed by atoms with van der Waals surface area (Å²) >= 11 is 0. The molecule has 1 aromatic carbocycles. The van der Waals surface area contributed by atoms with Crippen LogP contribution in [0.2, 0.25) is 0 Å². The summed E-state index contributed by atoms with van der Waals surface area (Å²) < 4.78 is 6.00. The predicted octanol–water partition coefficient (Wildman–Crippen LogP) is 3.45. The molecule has 154 valence electrons. The van der Waals surface area contributed by atoms with E-state index in [4.69, 9.17) is 4.74 Å². The molecule has 1 aromatic rings. The molecule has 6 nitrogen and oxygen atoms in total. The minimum Gasteiger partial charge on any atom is -0.488 e. The highest BCUT2D eigenvalue weighted by atomic mass is 127. The molecular weight excluding hydrogens is 455 g/mol. The van der Waals surface area contributed by atoms with Gasteiger partial charge in [-0.25, -0.2) is 4.99 Å². The molecule has 1 rings (SSSR count). The molecule has 0 heterocycles. The molecule has 0 aromatic heterocycles. The molecule has 0 aliphatic carbocycles. The van der Waals surface area contributed by atoms with Crippen LogP contribution < -0.4 is 20.7 Å². The van der Waals surface area contributed by atoms with Crippen LogP contribution in [0.3, 0.4) is 0 Å². The van der Waals surface area contributed by atoms with Crippen LogP contribution in [-0.4, -0.2) is 36.1 Å². The van der Waals surface area contributed by atoms with E-state index in [1.807, 2.05) is 72.7 Å². The van der Waals surface area contributed by atoms with Gasteiger partial charge in [0.15, 0.2) is 5.96 Å². The van der Waals surface area contributed by atoms with Gasteiger partial charge in [0.1, 0.15) is 11.4 Å². The van der Waals surface area contributed by atoms with Crippen LogP contribution in [0.5, 0.6) is 5.75 Å². The van der Waals surface area contributed by atoms with Crippen molar-refractivity contribution in [2.45, 2.75) is 66.2 Å². The predicted molar refractivity (Wildman–Crippen MR) is 123 cm³/mol. The third kappa shape index (κ3) is 11.7. The lowest BCUT2D eigenvalue weighted by molar-refractivity contribution is -0.121. The summed E-state index contributed by atoms with van der Waals surface area (Å²) in [5.41, 5.74) is 0.476. The number of hydrogen-bond acceptors (Lipinski definition) is 3. The van der Waals surface area contributed by atoms with Crippen molar-refractivity contribution in [3.05, 3.63) is 29.8 Å². The Kier molecular flexibility index (Phi) is 10.7. The zero-order chi connectivity index (χ0) is 19.8. The molecule has 0 saturated carbocycles. The quantitative estimate of drug-likeness (QED) is 0.325. The second-order valence-corrected chi connectivity index (χ2v) is 8.17. The van der Waals surface area contributed by atoms with E-state index in [-0.39, 0.29) is 47.6 Å². The fourth-order valence-corrected chi connectivity index (χ4v) is 2.20. The van der Waals surface area contributed by atoms with Crippen molar-refractivity contribution in [3.63, 3.8) is 0 Å². The van der Waals surface area contributed by atoms with Gasteiger partial charge >= 0.3 is 0 Å². The van der Waals surface area contributed by atoms with Crippen molar-refractivity contribution in [3.8, 4) is 5.75 Å². The van der Waals surface area contributed by atoms with E-state index < -0.39 is 0 Å². The summed E-state index contributed by atoms with van der Waals surface area (Å²) in [6.45, 7) is 15.3. The largest absolute Gasteiger partial charge is 0.488 e. The molecule has 0 atom stereocenters. The van der Waals surface area contributed by atoms with Gasteiger partial charge < -0.3 is 20.7 Å². The lowest BCUT2D eigenvalue weighted by atomic mass is 10.1. The van der Waals surface area contributed by atoms with Gasteiger partial charge in [-0.15, -0.1) is 24.0 Å². The van der Waals surface area contributed by atoms with Gasteiger partial charge in [0, 0.05) is 17.6 Å². The highest BCUT2D eigenvalue weighted by Gasteiger charge is 2.15. The molecule has 1 amide bonds. The second kappa shape index (κ2) is 11.4. The summed E-state index contributed by atoms with van der Waals surface area (Å²) in [4.78, 5) is 16.6. The number of aliphatic imine (C=N–C) groups is 1. The molecule has 0 unspecified atom stereocenters. The maximum atomic E-state index is 12.0. The molecule has 0 aliphatic heterocycles. The molecule has 0 radical (unpaired) electrons. The Morgan fingerprint density at radius 3 is 2.26 bits per heavy atom. The van der Waals surface area contributed by atoms with Crippen LogP contribution in [-0.2, 0) is 11.3 Å². The Bertz CT molecular complexity index is 619. The highest BCUT2D eigenvalue weighted by Crippen LogP contribution is 2.23. The minimum atomic E-state index is -0.270. The summed E-state index contributed by atoms with van der Waals surface area (Å²) in [6.07, 6.45) is 0. The zero-order valence-electron chi connectivity index (χ0n) is 17.6. The molecule has 3 N–H and O–H groups in total. The number of hydrogen-bond donors (Lipinski definition) is 3. The van der Waals surface area contributed by atoms with E-state index >= 15 is 0 Å². The SMILES string of the molecule is CCNC(=NCc1ccccc1OC(C)(C)C)NCC(=O)NC(C)(C)C.I. The first kappa shape index (κ1) is 25.5. The fraction of sp³-hybridized carbons (Fsp3) is 0.600. The fourth-order valence-electron chi connectivity index (χ4n) is 2.20. The van der Waals surface area contributed by atoms with Crippen LogP contribution >= 0.6 is 24.0 Å². The molecule has 0 aliphatic rings. The monoisotopic (exact) mass is 490 g/mol. The topological polar surface area (TPSA) is 74.8 Å². The number of benzene rings is 1. The van der Waals surface area contributed by atoms with Crippen LogP contribution in [0.15, 0.2) is 29.3 Å². The Labute approximate surface area is 181 Å². The number of nitrogens with zero attached hydrogens (tertiary/aromatic N) is 1. The Balaban J connectivity index is 0.00000676. The van der Waals surface area contributed by atoms with Crippen molar-refractivity contribution in [1.29, 1.82) is 0 Å². The summed E-state index contributed by atoms with van der Waals surface area (Å²) in [5.74, 6) is 1.35. The molecule has 7 heteroatoms. The van der Waals surface area contributed by atoms with Crippen molar-refractivity contribution in [2.75, 3.05) is 13.1 Å². The van der Waals surface area contributed by atoms with Crippen LogP contribution in [0.4, 0.5) is 0 Å². The van der Waals surface area contributed by atoms with E-state index in [9.17, 15) is 4.79 Å². The minimum absolute atomic E-state index is 0. The van der Waals surface area contributed by atoms with Crippen molar-refractivity contribution < 1.29 is 9.53 Å². The van der Waals surface area contributed by atoms with Gasteiger partial charge in [0.05, 0.1) is 13.1 Å². The molecule has 0 spiro atoms. The lowest BCUT2D eigenvalue weighted by Crippen LogP contribution is -2.48. The normalized spacial score (nSPS) is 12.0. The molecule has 0 fully saturated rings. The number of nitrogens with one attached hydrogen (secondary N) is 3. The number of para-hydroxylation sites is 1. The number of carbonyl (C=O) groups is 1. The molecule has 27 heavy (non-hydrogen) atoms. The summed E-state index contributed by atoms with van der Waals surface area (Å²) in [7, 11) is 0. The molecular formula is C20H35IN4O2. The number of amides is 1. The lowest BCUT2D eigenvalue weighted by Gasteiger charge is -2.23. The highest BCUT2D eigenvalue weighted by molar-refractivity contribution is 14.0. The first-order valence-corrected chi connectivity index (χ1v) is 9.10. The van der Waals surface area contributed by atoms with E-state index in [0.717, 1.165) is 11.3 Å². The smallest absolute Gasteiger partial charge is 0.239 e. The number of carbonyl (C=O) groups excluding carboxylic acids is 1. The average molecular weight is 490 g/mol.